The molecule has 16 heavy (non-hydrogen) atoms. The van der Waals surface area contributed by atoms with Crippen molar-refractivity contribution in [3.8, 4) is 0 Å². The van der Waals surface area contributed by atoms with Crippen molar-refractivity contribution in [2.45, 2.75) is 31.6 Å². The number of carbonyl (C=O) groups excluding carboxylic acids is 1. The smallest absolute Gasteiger partial charge is 0.315 e. The van der Waals surface area contributed by atoms with Gasteiger partial charge in [-0.15, -0.1) is 0 Å². The van der Waals surface area contributed by atoms with Gasteiger partial charge in [-0.3, -0.25) is 9.59 Å². The van der Waals surface area contributed by atoms with Crippen LogP contribution in [-0.4, -0.2) is 16.9 Å². The van der Waals surface area contributed by atoms with E-state index in [9.17, 15) is 14.7 Å². The van der Waals surface area contributed by atoms with Gasteiger partial charge in [-0.1, -0.05) is 31.2 Å². The molecule has 1 saturated carbocycles. The van der Waals surface area contributed by atoms with Gasteiger partial charge in [0.05, 0.1) is 0 Å². The van der Waals surface area contributed by atoms with Crippen molar-refractivity contribution in [3.63, 3.8) is 0 Å². The molecule has 1 aromatic carbocycles. The molecule has 84 valence electrons. The van der Waals surface area contributed by atoms with Crippen LogP contribution in [0.5, 0.6) is 0 Å². The lowest BCUT2D eigenvalue weighted by atomic mass is 9.63. The quantitative estimate of drug-likeness (QED) is 0.843. The number of Topliss-reactive ketones (excluding diaryl/α,β-unsaturated/α-hetero) is 1. The number of ketones is 1. The average molecular weight is 218 g/mol. The topological polar surface area (TPSA) is 54.4 Å². The SMILES string of the molecule is CCc1ccc(C2(C(=O)O)CC(=O)C2)cc1. The first-order chi connectivity index (χ1) is 7.58. The first-order valence-electron chi connectivity index (χ1n) is 5.43. The third-order valence-electron chi connectivity index (χ3n) is 3.32. The van der Waals surface area contributed by atoms with Crippen molar-refractivity contribution in [1.29, 1.82) is 0 Å². The number of rotatable bonds is 3. The molecule has 3 heteroatoms. The summed E-state index contributed by atoms with van der Waals surface area (Å²) in [4.78, 5) is 22.3. The number of aliphatic carboxylic acids is 1. The first kappa shape index (κ1) is 10.9. The summed E-state index contributed by atoms with van der Waals surface area (Å²) in [5, 5.41) is 9.23. The number of carbonyl (C=O) groups is 2. The summed E-state index contributed by atoms with van der Waals surface area (Å²) >= 11 is 0. The van der Waals surface area contributed by atoms with Crippen LogP contribution in [0.25, 0.3) is 0 Å². The molecule has 0 saturated heterocycles. The van der Waals surface area contributed by atoms with Crippen LogP contribution in [0.1, 0.15) is 30.9 Å². The summed E-state index contributed by atoms with van der Waals surface area (Å²) in [5.74, 6) is -0.863. The third-order valence-corrected chi connectivity index (χ3v) is 3.32. The fourth-order valence-corrected chi connectivity index (χ4v) is 2.16. The van der Waals surface area contributed by atoms with Crippen LogP contribution in [0.2, 0.25) is 0 Å². The summed E-state index contributed by atoms with van der Waals surface area (Å²) in [5.41, 5.74) is 0.968. The Morgan fingerprint density at radius 1 is 1.31 bits per heavy atom. The highest BCUT2D eigenvalue weighted by Crippen LogP contribution is 2.41. The van der Waals surface area contributed by atoms with E-state index >= 15 is 0 Å². The Bertz CT molecular complexity index is 423. The van der Waals surface area contributed by atoms with Crippen molar-refractivity contribution in [2.24, 2.45) is 0 Å². The van der Waals surface area contributed by atoms with Gasteiger partial charge in [0, 0.05) is 12.8 Å². The van der Waals surface area contributed by atoms with Crippen LogP contribution in [0.3, 0.4) is 0 Å². The lowest BCUT2D eigenvalue weighted by Crippen LogP contribution is -2.48. The molecular formula is C13H14O3. The van der Waals surface area contributed by atoms with Gasteiger partial charge in [-0.25, -0.2) is 0 Å². The third kappa shape index (κ3) is 1.52. The van der Waals surface area contributed by atoms with Crippen molar-refractivity contribution < 1.29 is 14.7 Å². The minimum Gasteiger partial charge on any atom is -0.481 e. The molecule has 0 spiro atoms. The van der Waals surface area contributed by atoms with Crippen LogP contribution >= 0.6 is 0 Å². The Hall–Kier alpha value is -1.64. The summed E-state index contributed by atoms with van der Waals surface area (Å²) < 4.78 is 0. The van der Waals surface area contributed by atoms with Gasteiger partial charge in [0.2, 0.25) is 0 Å². The Morgan fingerprint density at radius 2 is 1.88 bits per heavy atom. The zero-order valence-corrected chi connectivity index (χ0v) is 9.19. The van der Waals surface area contributed by atoms with Gasteiger partial charge in [-0.2, -0.15) is 0 Å². The molecule has 1 fully saturated rings. The van der Waals surface area contributed by atoms with Gasteiger partial charge < -0.3 is 5.11 Å². The summed E-state index contributed by atoms with van der Waals surface area (Å²) in [6.45, 7) is 2.05. The Balaban J connectivity index is 2.33. The summed E-state index contributed by atoms with van der Waals surface area (Å²) in [7, 11) is 0. The van der Waals surface area contributed by atoms with E-state index in [-0.39, 0.29) is 18.6 Å². The predicted molar refractivity (Wildman–Crippen MR) is 59.4 cm³/mol. The fraction of sp³-hybridized carbons (Fsp3) is 0.385. The number of benzene rings is 1. The maximum absolute atomic E-state index is 11.3. The molecule has 0 amide bonds. The van der Waals surface area contributed by atoms with Gasteiger partial charge in [0.15, 0.2) is 0 Å². The highest BCUT2D eigenvalue weighted by atomic mass is 16.4. The maximum atomic E-state index is 11.3. The molecule has 1 N–H and O–H groups in total. The van der Waals surface area contributed by atoms with E-state index in [0.29, 0.717) is 0 Å². The van der Waals surface area contributed by atoms with Gasteiger partial charge >= 0.3 is 5.97 Å². The zero-order chi connectivity index (χ0) is 11.8. The minimum atomic E-state index is -0.955. The standard InChI is InChI=1S/C13H14O3/c1-2-9-3-5-10(6-4-9)13(12(15)16)7-11(14)8-13/h3-6H,2,7-8H2,1H3,(H,15,16). The highest BCUT2D eigenvalue weighted by molar-refractivity contribution is 6.01. The number of aryl methyl sites for hydroxylation is 1. The molecule has 2 rings (SSSR count). The van der Waals surface area contributed by atoms with Crippen molar-refractivity contribution in [1.82, 2.24) is 0 Å². The van der Waals surface area contributed by atoms with E-state index in [1.807, 2.05) is 24.3 Å². The molecule has 1 aliphatic rings. The normalized spacial score (nSPS) is 17.9. The van der Waals surface area contributed by atoms with Gasteiger partial charge in [-0.05, 0) is 17.5 Å². The molecule has 0 aromatic heterocycles. The van der Waals surface area contributed by atoms with E-state index < -0.39 is 11.4 Å². The summed E-state index contributed by atoms with van der Waals surface area (Å²) in [6.07, 6.45) is 1.20. The van der Waals surface area contributed by atoms with Crippen LogP contribution in [0.15, 0.2) is 24.3 Å². The monoisotopic (exact) mass is 218 g/mol. The van der Waals surface area contributed by atoms with E-state index in [2.05, 4.69) is 6.92 Å². The molecule has 0 heterocycles. The molecule has 0 atom stereocenters. The number of carboxylic acids is 1. The van der Waals surface area contributed by atoms with Gasteiger partial charge in [0.1, 0.15) is 11.2 Å². The molecule has 1 aliphatic carbocycles. The fourth-order valence-electron chi connectivity index (χ4n) is 2.16. The van der Waals surface area contributed by atoms with Crippen molar-refractivity contribution in [3.05, 3.63) is 35.4 Å². The molecule has 0 bridgehead atoms. The lowest BCUT2D eigenvalue weighted by molar-refractivity contribution is -0.153. The maximum Gasteiger partial charge on any atom is 0.315 e. The van der Waals surface area contributed by atoms with Gasteiger partial charge in [0.25, 0.3) is 0 Å². The average Bonchev–Trinajstić information content (AvgIpc) is 2.24. The van der Waals surface area contributed by atoms with Crippen LogP contribution in [-0.2, 0) is 21.4 Å². The molecule has 0 unspecified atom stereocenters. The van der Waals surface area contributed by atoms with Crippen molar-refractivity contribution in [2.75, 3.05) is 0 Å². The predicted octanol–water partition coefficient (Wildman–Crippen LogP) is 1.93. The number of hydrogen-bond donors (Lipinski definition) is 1. The van der Waals surface area contributed by atoms with Crippen LogP contribution < -0.4 is 0 Å². The zero-order valence-electron chi connectivity index (χ0n) is 9.19. The van der Waals surface area contributed by atoms with Crippen LogP contribution in [0.4, 0.5) is 0 Å². The van der Waals surface area contributed by atoms with E-state index in [0.717, 1.165) is 12.0 Å². The molecule has 1 aromatic rings. The molecular weight excluding hydrogens is 204 g/mol. The van der Waals surface area contributed by atoms with E-state index in [1.54, 1.807) is 0 Å². The first-order valence-corrected chi connectivity index (χ1v) is 5.43. The largest absolute Gasteiger partial charge is 0.481 e. The van der Waals surface area contributed by atoms with E-state index in [1.165, 1.54) is 5.56 Å². The number of carboxylic acid groups (broad SMARTS) is 1. The number of hydrogen-bond acceptors (Lipinski definition) is 2. The Morgan fingerprint density at radius 3 is 2.25 bits per heavy atom. The van der Waals surface area contributed by atoms with Crippen molar-refractivity contribution >= 4 is 11.8 Å². The second kappa shape index (κ2) is 3.74. The Labute approximate surface area is 94.1 Å². The molecule has 0 radical (unpaired) electrons. The minimum absolute atomic E-state index is 0.0296. The molecule has 0 aliphatic heterocycles. The lowest BCUT2D eigenvalue weighted by Gasteiger charge is -2.36. The Kier molecular flexibility index (Phi) is 2.54. The molecule has 3 nitrogen and oxygen atoms in total. The second-order valence-electron chi connectivity index (χ2n) is 4.33. The van der Waals surface area contributed by atoms with E-state index in [4.69, 9.17) is 0 Å². The van der Waals surface area contributed by atoms with Crippen LogP contribution in [0, 0.1) is 0 Å². The second-order valence-corrected chi connectivity index (χ2v) is 4.33. The highest BCUT2D eigenvalue weighted by Gasteiger charge is 2.51. The summed E-state index contributed by atoms with van der Waals surface area (Å²) in [6, 6.07) is 7.53.